The highest BCUT2D eigenvalue weighted by Crippen LogP contribution is 2.31. The van der Waals surface area contributed by atoms with Gasteiger partial charge in [-0.15, -0.1) is 11.3 Å². The lowest BCUT2D eigenvalue weighted by Gasteiger charge is -2.28. The van der Waals surface area contributed by atoms with Crippen LogP contribution in [0.15, 0.2) is 14.1 Å². The number of nitrogens with two attached hydrogens (primary N) is 1. The molecule has 0 aliphatic rings. The zero-order chi connectivity index (χ0) is 14.8. The molecule has 1 aromatic heterocycles. The van der Waals surface area contributed by atoms with Gasteiger partial charge < -0.3 is 5.73 Å². The summed E-state index contributed by atoms with van der Waals surface area (Å²) in [5, 5.41) is 0. The number of aryl methyl sites for hydroxylation is 1. The number of hydrogen-bond donors (Lipinski definition) is 2. The largest absolute Gasteiger partial charge is 0.368 e. The Morgan fingerprint density at radius 1 is 1.47 bits per heavy atom. The van der Waals surface area contributed by atoms with E-state index < -0.39 is 21.5 Å². The molecule has 3 N–H and O–H groups in total. The normalized spacial score (nSPS) is 12.6. The van der Waals surface area contributed by atoms with Gasteiger partial charge in [0.2, 0.25) is 5.91 Å². The van der Waals surface area contributed by atoms with Gasteiger partial charge in [-0.25, -0.2) is 8.42 Å². The molecule has 0 atom stereocenters. The molecule has 0 spiro atoms. The number of rotatable bonds is 6. The van der Waals surface area contributed by atoms with Crippen LogP contribution in [-0.2, 0) is 14.8 Å². The second-order valence-corrected chi connectivity index (χ2v) is 8.56. The number of nitrogens with one attached hydrogen (secondary N) is 1. The van der Waals surface area contributed by atoms with Crippen LogP contribution in [0.3, 0.4) is 0 Å². The zero-order valence-corrected chi connectivity index (χ0v) is 14.2. The quantitative estimate of drug-likeness (QED) is 0.805. The van der Waals surface area contributed by atoms with Crippen LogP contribution in [0.1, 0.15) is 32.3 Å². The lowest BCUT2D eigenvalue weighted by molar-refractivity contribution is -0.124. The number of amides is 1. The van der Waals surface area contributed by atoms with Crippen molar-refractivity contribution < 1.29 is 13.2 Å². The van der Waals surface area contributed by atoms with Crippen molar-refractivity contribution >= 4 is 43.2 Å². The van der Waals surface area contributed by atoms with Gasteiger partial charge in [0.05, 0.1) is 3.79 Å². The van der Waals surface area contributed by atoms with E-state index in [1.54, 1.807) is 26.8 Å². The number of sulfonamides is 1. The summed E-state index contributed by atoms with van der Waals surface area (Å²) in [6.07, 6.45) is 0.618. The smallest absolute Gasteiger partial charge is 0.251 e. The molecule has 0 aliphatic carbocycles. The Bertz CT molecular complexity index is 557. The first-order chi connectivity index (χ1) is 8.68. The number of carbonyl (C=O) groups excluding carboxylic acids is 1. The average molecular weight is 369 g/mol. The second-order valence-electron chi connectivity index (χ2n) is 4.28. The van der Waals surface area contributed by atoms with Crippen molar-refractivity contribution in [1.29, 1.82) is 0 Å². The van der Waals surface area contributed by atoms with Crippen LogP contribution < -0.4 is 10.5 Å². The third-order valence-corrected chi connectivity index (χ3v) is 7.25. The summed E-state index contributed by atoms with van der Waals surface area (Å²) < 4.78 is 28.0. The van der Waals surface area contributed by atoms with Crippen LogP contribution in [0.4, 0.5) is 0 Å². The molecular weight excluding hydrogens is 352 g/mol. The van der Waals surface area contributed by atoms with Gasteiger partial charge >= 0.3 is 0 Å². The third kappa shape index (κ3) is 3.36. The third-order valence-electron chi connectivity index (χ3n) is 3.11. The Balaban J connectivity index is 3.18. The topological polar surface area (TPSA) is 89.3 Å². The fourth-order valence-electron chi connectivity index (χ4n) is 1.66. The summed E-state index contributed by atoms with van der Waals surface area (Å²) in [6, 6.07) is 1.56. The molecular formula is C11H17BrN2O3S2. The summed E-state index contributed by atoms with van der Waals surface area (Å²) in [7, 11) is -3.75. The first kappa shape index (κ1) is 16.6. The van der Waals surface area contributed by atoms with Gasteiger partial charge in [-0.3, -0.25) is 4.79 Å². The Hall–Kier alpha value is -0.440. The van der Waals surface area contributed by atoms with E-state index in [9.17, 15) is 13.2 Å². The molecule has 0 aromatic carbocycles. The fraction of sp³-hybridized carbons (Fsp3) is 0.545. The number of hydrogen-bond acceptors (Lipinski definition) is 4. The molecule has 0 aliphatic heterocycles. The SMILES string of the molecule is CCC(CC)(NS(=O)(=O)c1cc(C)c(Br)s1)C(N)=O. The number of halogens is 1. The molecule has 0 unspecified atom stereocenters. The van der Waals surface area contributed by atoms with Gasteiger partial charge in [0.25, 0.3) is 10.0 Å². The van der Waals surface area contributed by atoms with Gasteiger partial charge in [-0.05, 0) is 47.3 Å². The van der Waals surface area contributed by atoms with Gasteiger partial charge in [-0.2, -0.15) is 4.72 Å². The minimum absolute atomic E-state index is 0.171. The maximum absolute atomic E-state index is 12.3. The number of primary amides is 1. The molecule has 0 saturated carbocycles. The highest BCUT2D eigenvalue weighted by atomic mass is 79.9. The summed E-state index contributed by atoms with van der Waals surface area (Å²) in [5.41, 5.74) is 4.94. The lowest BCUT2D eigenvalue weighted by atomic mass is 9.94. The van der Waals surface area contributed by atoms with Crippen molar-refractivity contribution in [2.75, 3.05) is 0 Å². The predicted octanol–water partition coefficient (Wildman–Crippen LogP) is 2.14. The molecule has 0 fully saturated rings. The van der Waals surface area contributed by atoms with E-state index in [0.29, 0.717) is 12.8 Å². The van der Waals surface area contributed by atoms with E-state index in [1.807, 2.05) is 0 Å². The Morgan fingerprint density at radius 2 is 2.00 bits per heavy atom. The van der Waals surface area contributed by atoms with Crippen LogP contribution in [0.5, 0.6) is 0 Å². The van der Waals surface area contributed by atoms with Gasteiger partial charge in [0, 0.05) is 0 Å². The Morgan fingerprint density at radius 3 is 2.32 bits per heavy atom. The monoisotopic (exact) mass is 368 g/mol. The molecule has 1 heterocycles. The molecule has 1 rings (SSSR count). The van der Waals surface area contributed by atoms with E-state index >= 15 is 0 Å². The molecule has 108 valence electrons. The first-order valence-corrected chi connectivity index (χ1v) is 8.87. The Labute approximate surface area is 125 Å². The van der Waals surface area contributed by atoms with Gasteiger partial charge in [-0.1, -0.05) is 13.8 Å². The van der Waals surface area contributed by atoms with Crippen LogP contribution in [0.2, 0.25) is 0 Å². The lowest BCUT2D eigenvalue weighted by Crippen LogP contribution is -2.56. The molecule has 1 amide bonds. The maximum atomic E-state index is 12.3. The van der Waals surface area contributed by atoms with Crippen molar-refractivity contribution in [3.63, 3.8) is 0 Å². The molecule has 0 radical (unpaired) electrons. The number of carbonyl (C=O) groups is 1. The predicted molar refractivity (Wildman–Crippen MR) is 79.6 cm³/mol. The van der Waals surface area contributed by atoms with Crippen molar-refractivity contribution in [3.8, 4) is 0 Å². The standard InChI is InChI=1S/C11H17BrN2O3S2/c1-4-11(5-2,10(13)15)14-19(16,17)8-6-7(3)9(12)18-8/h6,14H,4-5H2,1-3H3,(H2,13,15). The van der Waals surface area contributed by atoms with Crippen molar-refractivity contribution in [2.24, 2.45) is 5.73 Å². The average Bonchev–Trinajstić information content (AvgIpc) is 2.67. The Kier molecular flexibility index (Phi) is 5.16. The summed E-state index contributed by atoms with van der Waals surface area (Å²) >= 11 is 4.39. The minimum Gasteiger partial charge on any atom is -0.368 e. The maximum Gasteiger partial charge on any atom is 0.251 e. The highest BCUT2D eigenvalue weighted by Gasteiger charge is 2.38. The first-order valence-electron chi connectivity index (χ1n) is 5.78. The molecule has 19 heavy (non-hydrogen) atoms. The van der Waals surface area contributed by atoms with Crippen molar-refractivity contribution in [3.05, 3.63) is 15.4 Å². The van der Waals surface area contributed by atoms with E-state index in [2.05, 4.69) is 20.7 Å². The van der Waals surface area contributed by atoms with Gasteiger partial charge in [0.15, 0.2) is 0 Å². The molecule has 0 saturated heterocycles. The summed E-state index contributed by atoms with van der Waals surface area (Å²) in [5.74, 6) is -0.659. The van der Waals surface area contributed by atoms with Crippen molar-refractivity contribution in [1.82, 2.24) is 4.72 Å². The van der Waals surface area contributed by atoms with Crippen LogP contribution in [0, 0.1) is 6.92 Å². The summed E-state index contributed by atoms with van der Waals surface area (Å²) in [4.78, 5) is 11.6. The molecule has 8 heteroatoms. The molecule has 5 nitrogen and oxygen atoms in total. The second kappa shape index (κ2) is 5.90. The minimum atomic E-state index is -3.75. The van der Waals surface area contributed by atoms with Gasteiger partial charge in [0.1, 0.15) is 9.75 Å². The van der Waals surface area contributed by atoms with E-state index in [0.717, 1.165) is 20.7 Å². The van der Waals surface area contributed by atoms with E-state index in [1.165, 1.54) is 0 Å². The van der Waals surface area contributed by atoms with E-state index in [-0.39, 0.29) is 4.21 Å². The molecule has 0 bridgehead atoms. The van der Waals surface area contributed by atoms with Crippen LogP contribution >= 0.6 is 27.3 Å². The molecule has 1 aromatic rings. The van der Waals surface area contributed by atoms with Crippen LogP contribution in [0.25, 0.3) is 0 Å². The zero-order valence-electron chi connectivity index (χ0n) is 11.0. The van der Waals surface area contributed by atoms with Crippen molar-refractivity contribution in [2.45, 2.75) is 43.4 Å². The number of thiophene rings is 1. The van der Waals surface area contributed by atoms with Crippen LogP contribution in [-0.4, -0.2) is 19.9 Å². The highest BCUT2D eigenvalue weighted by molar-refractivity contribution is 9.11. The fourth-order valence-corrected chi connectivity index (χ4v) is 5.41. The van der Waals surface area contributed by atoms with E-state index in [4.69, 9.17) is 5.73 Å². The summed E-state index contributed by atoms with van der Waals surface area (Å²) in [6.45, 7) is 5.26.